The first kappa shape index (κ1) is 25.1. The van der Waals surface area contributed by atoms with Crippen LogP contribution < -0.4 is 15.5 Å². The van der Waals surface area contributed by atoms with Crippen LogP contribution in [0.1, 0.15) is 19.8 Å². The molecule has 3 rings (SSSR count). The van der Waals surface area contributed by atoms with E-state index in [4.69, 9.17) is 4.99 Å². The third-order valence-electron chi connectivity index (χ3n) is 5.63. The highest BCUT2D eigenvalue weighted by Crippen LogP contribution is 2.26. The summed E-state index contributed by atoms with van der Waals surface area (Å²) in [6.45, 7) is 10.1. The van der Waals surface area contributed by atoms with Crippen LogP contribution in [-0.2, 0) is 0 Å². The van der Waals surface area contributed by atoms with E-state index < -0.39 is 11.6 Å². The first-order valence-electron chi connectivity index (χ1n) is 10.7. The van der Waals surface area contributed by atoms with Crippen LogP contribution in [0.2, 0.25) is 0 Å². The van der Waals surface area contributed by atoms with Gasteiger partial charge in [0.25, 0.3) is 0 Å². The van der Waals surface area contributed by atoms with E-state index in [1.807, 2.05) is 6.92 Å². The van der Waals surface area contributed by atoms with Gasteiger partial charge >= 0.3 is 0 Å². The first-order chi connectivity index (χ1) is 14.1. The van der Waals surface area contributed by atoms with Crippen molar-refractivity contribution in [3.63, 3.8) is 0 Å². The average molecular weight is 536 g/mol. The number of likely N-dealkylation sites (N-methyl/N-ethyl adjacent to an activating group) is 1. The van der Waals surface area contributed by atoms with Crippen LogP contribution in [0.3, 0.4) is 0 Å². The van der Waals surface area contributed by atoms with Gasteiger partial charge in [0.1, 0.15) is 17.3 Å². The Hall–Kier alpha value is -1.20. The van der Waals surface area contributed by atoms with E-state index in [0.717, 1.165) is 58.2 Å². The Morgan fingerprint density at radius 1 is 1.13 bits per heavy atom. The molecule has 0 bridgehead atoms. The van der Waals surface area contributed by atoms with Crippen molar-refractivity contribution in [2.45, 2.75) is 25.8 Å². The second-order valence-corrected chi connectivity index (χ2v) is 7.91. The van der Waals surface area contributed by atoms with Gasteiger partial charge in [0.15, 0.2) is 5.96 Å². The Morgan fingerprint density at radius 2 is 1.90 bits per heavy atom. The smallest absolute Gasteiger partial charge is 0.191 e. The number of anilines is 1. The molecule has 0 saturated carbocycles. The van der Waals surface area contributed by atoms with Gasteiger partial charge in [-0.3, -0.25) is 4.99 Å². The van der Waals surface area contributed by atoms with E-state index in [-0.39, 0.29) is 35.7 Å². The number of benzene rings is 1. The lowest BCUT2D eigenvalue weighted by Gasteiger charge is -2.22. The summed E-state index contributed by atoms with van der Waals surface area (Å²) in [6.07, 6.45) is 2.01. The molecule has 2 aliphatic rings. The van der Waals surface area contributed by atoms with E-state index >= 15 is 0 Å². The molecule has 170 valence electrons. The minimum Gasteiger partial charge on any atom is -0.365 e. The molecular formula is C21H35F2IN6. The number of halogens is 3. The van der Waals surface area contributed by atoms with Crippen molar-refractivity contribution in [1.82, 2.24) is 20.4 Å². The maximum Gasteiger partial charge on any atom is 0.191 e. The van der Waals surface area contributed by atoms with E-state index in [9.17, 15) is 8.78 Å². The lowest BCUT2D eigenvalue weighted by atomic mass is 10.2. The summed E-state index contributed by atoms with van der Waals surface area (Å²) < 4.78 is 28.1. The fourth-order valence-electron chi connectivity index (χ4n) is 4.01. The van der Waals surface area contributed by atoms with Crippen molar-refractivity contribution in [3.8, 4) is 0 Å². The van der Waals surface area contributed by atoms with E-state index in [1.54, 1.807) is 4.90 Å². The summed E-state index contributed by atoms with van der Waals surface area (Å²) in [6, 6.07) is 4.13. The van der Waals surface area contributed by atoms with Crippen LogP contribution in [0, 0.1) is 11.6 Å². The zero-order valence-corrected chi connectivity index (χ0v) is 20.4. The highest BCUT2D eigenvalue weighted by atomic mass is 127. The molecule has 2 fully saturated rings. The number of nitrogens with one attached hydrogen (secondary N) is 2. The zero-order valence-electron chi connectivity index (χ0n) is 18.0. The molecule has 6 nitrogen and oxygen atoms in total. The Balaban J connectivity index is 0.00000320. The summed E-state index contributed by atoms with van der Waals surface area (Å²) in [5.74, 6) is -0.232. The van der Waals surface area contributed by atoms with Crippen molar-refractivity contribution in [2.24, 2.45) is 4.99 Å². The van der Waals surface area contributed by atoms with Gasteiger partial charge < -0.3 is 25.3 Å². The lowest BCUT2D eigenvalue weighted by Crippen LogP contribution is -2.45. The highest BCUT2D eigenvalue weighted by molar-refractivity contribution is 14.0. The number of rotatable bonds is 6. The molecular weight excluding hydrogens is 501 g/mol. The maximum atomic E-state index is 14.1. The van der Waals surface area contributed by atoms with Crippen molar-refractivity contribution in [1.29, 1.82) is 0 Å². The Kier molecular flexibility index (Phi) is 10.5. The summed E-state index contributed by atoms with van der Waals surface area (Å²) in [7, 11) is 2.17. The SMILES string of the molecule is CCNC(=NCCN1CCCN(C)CC1)NC1CCN(c2c(F)cccc2F)C1.I. The number of nitrogens with zero attached hydrogens (tertiary/aromatic N) is 4. The Morgan fingerprint density at radius 3 is 2.63 bits per heavy atom. The standard InChI is InChI=1S/C21H34F2N6.HI/c1-3-24-21(25-9-13-28-11-5-10-27(2)14-15-28)26-17-8-12-29(16-17)20-18(22)6-4-7-19(20)23;/h4,6-7,17H,3,5,8-16H2,1-2H3,(H2,24,25,26);1H. The van der Waals surface area contributed by atoms with Crippen LogP contribution in [0.4, 0.5) is 14.5 Å². The molecule has 2 saturated heterocycles. The summed E-state index contributed by atoms with van der Waals surface area (Å²) >= 11 is 0. The van der Waals surface area contributed by atoms with Gasteiger partial charge in [0.05, 0.1) is 6.54 Å². The average Bonchev–Trinajstić information content (AvgIpc) is 3.03. The van der Waals surface area contributed by atoms with Crippen molar-refractivity contribution < 1.29 is 8.78 Å². The van der Waals surface area contributed by atoms with Crippen LogP contribution in [0.5, 0.6) is 0 Å². The molecule has 0 aliphatic carbocycles. The predicted molar refractivity (Wildman–Crippen MR) is 130 cm³/mol. The van der Waals surface area contributed by atoms with Gasteiger partial charge in [-0.15, -0.1) is 24.0 Å². The topological polar surface area (TPSA) is 46.1 Å². The molecule has 2 heterocycles. The number of hydrogen-bond acceptors (Lipinski definition) is 4. The number of para-hydroxylation sites is 1. The first-order valence-corrected chi connectivity index (χ1v) is 10.7. The number of hydrogen-bond donors (Lipinski definition) is 2. The van der Waals surface area contributed by atoms with Gasteiger partial charge in [0, 0.05) is 45.3 Å². The third-order valence-corrected chi connectivity index (χ3v) is 5.63. The maximum absolute atomic E-state index is 14.1. The minimum absolute atomic E-state index is 0. The summed E-state index contributed by atoms with van der Waals surface area (Å²) in [5, 5.41) is 6.73. The summed E-state index contributed by atoms with van der Waals surface area (Å²) in [4.78, 5) is 11.3. The van der Waals surface area contributed by atoms with E-state index in [1.165, 1.54) is 24.6 Å². The minimum atomic E-state index is -0.505. The van der Waals surface area contributed by atoms with Crippen molar-refractivity contribution >= 4 is 35.6 Å². The fraction of sp³-hybridized carbons (Fsp3) is 0.667. The second-order valence-electron chi connectivity index (χ2n) is 7.91. The monoisotopic (exact) mass is 536 g/mol. The molecule has 9 heteroatoms. The molecule has 2 N–H and O–H groups in total. The van der Waals surface area contributed by atoms with Crippen LogP contribution in [-0.4, -0.2) is 87.8 Å². The fourth-order valence-corrected chi connectivity index (χ4v) is 4.01. The van der Waals surface area contributed by atoms with E-state index in [0.29, 0.717) is 13.1 Å². The molecule has 30 heavy (non-hydrogen) atoms. The molecule has 0 radical (unpaired) electrons. The van der Waals surface area contributed by atoms with Crippen molar-refractivity contribution in [2.75, 3.05) is 70.9 Å². The number of guanidine groups is 1. The van der Waals surface area contributed by atoms with E-state index in [2.05, 4.69) is 27.5 Å². The zero-order chi connectivity index (χ0) is 20.6. The van der Waals surface area contributed by atoms with Crippen LogP contribution >= 0.6 is 24.0 Å². The molecule has 1 aromatic rings. The largest absolute Gasteiger partial charge is 0.365 e. The summed E-state index contributed by atoms with van der Waals surface area (Å²) in [5.41, 5.74) is 0.0740. The lowest BCUT2D eigenvalue weighted by molar-refractivity contribution is 0.283. The molecule has 2 aliphatic heterocycles. The van der Waals surface area contributed by atoms with Gasteiger partial charge in [0.2, 0.25) is 0 Å². The van der Waals surface area contributed by atoms with Crippen molar-refractivity contribution in [3.05, 3.63) is 29.8 Å². The predicted octanol–water partition coefficient (Wildman–Crippen LogP) is 2.35. The quantitative estimate of drug-likeness (QED) is 0.332. The van der Waals surface area contributed by atoms with Gasteiger partial charge in [-0.2, -0.15) is 0 Å². The molecule has 0 amide bonds. The highest BCUT2D eigenvalue weighted by Gasteiger charge is 2.27. The van der Waals surface area contributed by atoms with Gasteiger partial charge in [-0.05, 0) is 52.0 Å². The van der Waals surface area contributed by atoms with Crippen LogP contribution in [0.25, 0.3) is 0 Å². The number of aliphatic imine (C=N–C) groups is 1. The Labute approximate surface area is 196 Å². The molecule has 0 spiro atoms. The van der Waals surface area contributed by atoms with Crippen LogP contribution in [0.15, 0.2) is 23.2 Å². The third kappa shape index (κ3) is 7.19. The molecule has 1 atom stereocenters. The molecule has 1 aromatic carbocycles. The molecule has 0 aromatic heterocycles. The van der Waals surface area contributed by atoms with Gasteiger partial charge in [-0.1, -0.05) is 6.07 Å². The molecule has 1 unspecified atom stereocenters. The Bertz CT molecular complexity index is 669. The normalized spacial score (nSPS) is 21.3. The van der Waals surface area contributed by atoms with Gasteiger partial charge in [-0.25, -0.2) is 8.78 Å². The second kappa shape index (κ2) is 12.6.